The summed E-state index contributed by atoms with van der Waals surface area (Å²) in [6, 6.07) is 7.30. The van der Waals surface area contributed by atoms with Crippen LogP contribution < -0.4 is 11.1 Å². The molecule has 0 saturated heterocycles. The average molecular weight is 288 g/mol. The molecule has 1 aromatic heterocycles. The molecule has 0 unspecified atom stereocenters. The molecule has 0 aliphatic carbocycles. The number of nitrogens with one attached hydrogen (secondary N) is 1. The highest BCUT2D eigenvalue weighted by Crippen LogP contribution is 2.16. The van der Waals surface area contributed by atoms with Crippen LogP contribution in [0.3, 0.4) is 0 Å². The summed E-state index contributed by atoms with van der Waals surface area (Å²) in [5.41, 5.74) is 10.0. The summed E-state index contributed by atoms with van der Waals surface area (Å²) in [4.78, 5) is 11.7. The van der Waals surface area contributed by atoms with E-state index in [1.807, 2.05) is 30.7 Å². The second kappa shape index (κ2) is 6.41. The lowest BCUT2D eigenvalue weighted by Crippen LogP contribution is -2.26. The Hall–Kier alpha value is -2.34. The molecule has 2 rings (SSSR count). The van der Waals surface area contributed by atoms with Crippen LogP contribution in [-0.4, -0.2) is 33.9 Å². The lowest BCUT2D eigenvalue weighted by molar-refractivity contribution is 0.0945. The van der Waals surface area contributed by atoms with Crippen molar-refractivity contribution in [3.05, 3.63) is 46.8 Å². The summed E-state index contributed by atoms with van der Waals surface area (Å²) >= 11 is 0. The van der Waals surface area contributed by atoms with E-state index in [1.54, 1.807) is 12.1 Å². The minimum absolute atomic E-state index is 0.0663. The zero-order valence-electron chi connectivity index (χ0n) is 12.3. The molecule has 1 heterocycles. The van der Waals surface area contributed by atoms with Crippen molar-refractivity contribution >= 4 is 11.6 Å². The molecule has 0 radical (unpaired) electrons. The van der Waals surface area contributed by atoms with Gasteiger partial charge in [-0.2, -0.15) is 5.10 Å². The first-order chi connectivity index (χ1) is 10.0. The number of amides is 1. The predicted octanol–water partition coefficient (Wildman–Crippen LogP) is 0.853. The van der Waals surface area contributed by atoms with Gasteiger partial charge in [-0.3, -0.25) is 9.48 Å². The largest absolute Gasteiger partial charge is 0.396 e. The first kappa shape index (κ1) is 15.1. The minimum Gasteiger partial charge on any atom is -0.396 e. The molecule has 1 amide bonds. The molecule has 112 valence electrons. The van der Waals surface area contributed by atoms with Crippen molar-refractivity contribution < 1.29 is 9.90 Å². The number of aliphatic hydroxyl groups excluding tert-OH is 1. The molecule has 2 aromatic rings. The summed E-state index contributed by atoms with van der Waals surface area (Å²) in [5, 5.41) is 15.7. The van der Waals surface area contributed by atoms with E-state index in [-0.39, 0.29) is 19.1 Å². The third kappa shape index (κ3) is 3.41. The summed E-state index contributed by atoms with van der Waals surface area (Å²) in [5.74, 6) is -0.189. The maximum Gasteiger partial charge on any atom is 0.251 e. The summed E-state index contributed by atoms with van der Waals surface area (Å²) < 4.78 is 1.85. The van der Waals surface area contributed by atoms with Gasteiger partial charge in [-0.15, -0.1) is 0 Å². The number of carbonyl (C=O) groups is 1. The first-order valence-corrected chi connectivity index (χ1v) is 6.80. The lowest BCUT2D eigenvalue weighted by atomic mass is 10.1. The Morgan fingerprint density at radius 2 is 2.00 bits per heavy atom. The average Bonchev–Trinajstić information content (AvgIpc) is 2.73. The zero-order chi connectivity index (χ0) is 15.4. The van der Waals surface area contributed by atoms with Crippen molar-refractivity contribution in [1.29, 1.82) is 0 Å². The molecule has 21 heavy (non-hydrogen) atoms. The zero-order valence-corrected chi connectivity index (χ0v) is 12.3. The molecule has 1 aromatic carbocycles. The van der Waals surface area contributed by atoms with Crippen LogP contribution in [0.15, 0.2) is 24.3 Å². The van der Waals surface area contributed by atoms with Gasteiger partial charge in [0, 0.05) is 12.1 Å². The van der Waals surface area contributed by atoms with Crippen molar-refractivity contribution in [2.75, 3.05) is 18.9 Å². The van der Waals surface area contributed by atoms with E-state index in [2.05, 4.69) is 10.4 Å². The third-order valence-electron chi connectivity index (χ3n) is 3.38. The summed E-state index contributed by atoms with van der Waals surface area (Å²) in [6.45, 7) is 4.62. The number of hydrogen-bond donors (Lipinski definition) is 3. The van der Waals surface area contributed by atoms with E-state index < -0.39 is 0 Å². The standard InChI is InChI=1S/C15H20N4O2/c1-10-14(16)11(2)19(18-10)9-12-3-5-13(6-4-12)15(21)17-7-8-20/h3-6,20H,7-9,16H2,1-2H3,(H,17,21). The molecule has 0 spiro atoms. The fourth-order valence-electron chi connectivity index (χ4n) is 2.07. The number of carbonyl (C=O) groups excluding carboxylic acids is 1. The third-order valence-corrected chi connectivity index (χ3v) is 3.38. The van der Waals surface area contributed by atoms with Gasteiger partial charge in [0.15, 0.2) is 0 Å². The van der Waals surface area contributed by atoms with Gasteiger partial charge in [-0.25, -0.2) is 0 Å². The van der Waals surface area contributed by atoms with Crippen LogP contribution >= 0.6 is 0 Å². The number of rotatable bonds is 5. The van der Waals surface area contributed by atoms with Crippen LogP contribution in [0.1, 0.15) is 27.3 Å². The molecule has 6 nitrogen and oxygen atoms in total. The van der Waals surface area contributed by atoms with E-state index in [0.717, 1.165) is 22.6 Å². The molecule has 0 aliphatic heterocycles. The predicted molar refractivity (Wildman–Crippen MR) is 81.1 cm³/mol. The van der Waals surface area contributed by atoms with Crippen molar-refractivity contribution in [1.82, 2.24) is 15.1 Å². The van der Waals surface area contributed by atoms with E-state index >= 15 is 0 Å². The Bertz CT molecular complexity index is 632. The minimum atomic E-state index is -0.189. The fraction of sp³-hybridized carbons (Fsp3) is 0.333. The van der Waals surface area contributed by atoms with E-state index in [9.17, 15) is 4.79 Å². The molecular formula is C15H20N4O2. The fourth-order valence-corrected chi connectivity index (χ4v) is 2.07. The molecule has 0 atom stereocenters. The highest BCUT2D eigenvalue weighted by atomic mass is 16.3. The normalized spacial score (nSPS) is 10.6. The van der Waals surface area contributed by atoms with Crippen LogP contribution in [0, 0.1) is 13.8 Å². The molecule has 0 saturated carbocycles. The van der Waals surface area contributed by atoms with Gasteiger partial charge in [-0.1, -0.05) is 12.1 Å². The van der Waals surface area contributed by atoms with Crippen LogP contribution in [-0.2, 0) is 6.54 Å². The molecule has 4 N–H and O–H groups in total. The topological polar surface area (TPSA) is 93.2 Å². The van der Waals surface area contributed by atoms with Gasteiger partial charge >= 0.3 is 0 Å². The van der Waals surface area contributed by atoms with Crippen molar-refractivity contribution in [3.63, 3.8) is 0 Å². The number of benzene rings is 1. The van der Waals surface area contributed by atoms with E-state index in [0.29, 0.717) is 12.1 Å². The van der Waals surface area contributed by atoms with Crippen LogP contribution in [0.4, 0.5) is 5.69 Å². The number of nitrogens with zero attached hydrogens (tertiary/aromatic N) is 2. The lowest BCUT2D eigenvalue weighted by Gasteiger charge is -2.07. The van der Waals surface area contributed by atoms with Crippen LogP contribution in [0.2, 0.25) is 0 Å². The van der Waals surface area contributed by atoms with Gasteiger partial charge in [0.1, 0.15) is 0 Å². The number of aromatic nitrogens is 2. The maximum absolute atomic E-state index is 11.7. The Balaban J connectivity index is 2.09. The Morgan fingerprint density at radius 3 is 2.52 bits per heavy atom. The van der Waals surface area contributed by atoms with E-state index in [1.165, 1.54) is 0 Å². The number of aliphatic hydroxyl groups is 1. The number of aryl methyl sites for hydroxylation is 1. The molecule has 0 bridgehead atoms. The monoisotopic (exact) mass is 288 g/mol. The van der Waals surface area contributed by atoms with E-state index in [4.69, 9.17) is 10.8 Å². The molecule has 6 heteroatoms. The molecular weight excluding hydrogens is 268 g/mol. The second-order valence-electron chi connectivity index (χ2n) is 4.92. The van der Waals surface area contributed by atoms with Crippen LogP contribution in [0.25, 0.3) is 0 Å². The molecule has 0 fully saturated rings. The second-order valence-corrected chi connectivity index (χ2v) is 4.92. The van der Waals surface area contributed by atoms with Gasteiger partial charge in [-0.05, 0) is 31.5 Å². The number of nitrogen functional groups attached to an aromatic ring is 1. The number of hydrogen-bond acceptors (Lipinski definition) is 4. The summed E-state index contributed by atoms with van der Waals surface area (Å²) in [6.07, 6.45) is 0. The quantitative estimate of drug-likeness (QED) is 0.760. The Morgan fingerprint density at radius 1 is 1.33 bits per heavy atom. The van der Waals surface area contributed by atoms with Gasteiger partial charge in [0.25, 0.3) is 5.91 Å². The highest BCUT2D eigenvalue weighted by Gasteiger charge is 2.09. The smallest absolute Gasteiger partial charge is 0.251 e. The van der Waals surface area contributed by atoms with Crippen molar-refractivity contribution in [2.45, 2.75) is 20.4 Å². The Kier molecular flexibility index (Phi) is 4.59. The first-order valence-electron chi connectivity index (χ1n) is 6.80. The SMILES string of the molecule is Cc1nn(Cc2ccc(C(=O)NCCO)cc2)c(C)c1N. The van der Waals surface area contributed by atoms with Gasteiger partial charge < -0.3 is 16.2 Å². The van der Waals surface area contributed by atoms with Crippen molar-refractivity contribution in [3.8, 4) is 0 Å². The van der Waals surface area contributed by atoms with Crippen LogP contribution in [0.5, 0.6) is 0 Å². The van der Waals surface area contributed by atoms with Crippen molar-refractivity contribution in [2.24, 2.45) is 0 Å². The molecule has 0 aliphatic rings. The number of nitrogens with two attached hydrogens (primary N) is 1. The maximum atomic E-state index is 11.7. The summed E-state index contributed by atoms with van der Waals surface area (Å²) in [7, 11) is 0. The highest BCUT2D eigenvalue weighted by molar-refractivity contribution is 5.94. The van der Waals surface area contributed by atoms with Gasteiger partial charge in [0.2, 0.25) is 0 Å². The van der Waals surface area contributed by atoms with Gasteiger partial charge in [0.05, 0.1) is 30.2 Å². The Labute approximate surface area is 123 Å². The number of anilines is 1.